The molecule has 4 heteroatoms. The zero-order valence-corrected chi connectivity index (χ0v) is 11.8. The molecule has 1 aliphatic heterocycles. The van der Waals surface area contributed by atoms with Crippen LogP contribution in [0.5, 0.6) is 0 Å². The average Bonchev–Trinajstić information content (AvgIpc) is 2.48. The minimum atomic E-state index is -0.272. The second-order valence-electron chi connectivity index (χ2n) is 4.87. The van der Waals surface area contributed by atoms with E-state index in [1.165, 1.54) is 20.1 Å². The largest absolute Gasteiger partial charge is 0.465 e. The molecule has 0 N–H and O–H groups in total. The summed E-state index contributed by atoms with van der Waals surface area (Å²) in [7, 11) is 1.42. The second kappa shape index (κ2) is 6.57. The van der Waals surface area contributed by atoms with E-state index in [-0.39, 0.29) is 5.97 Å². The Labute approximate surface area is 115 Å². The molecule has 0 radical (unpaired) electrons. The predicted molar refractivity (Wildman–Crippen MR) is 76.7 cm³/mol. The number of carbonyl (C=O) groups excluding carboxylic acids is 1. The number of piperazine rings is 1. The first-order chi connectivity index (χ1) is 9.24. The van der Waals surface area contributed by atoms with Gasteiger partial charge in [0.2, 0.25) is 0 Å². The molecule has 0 amide bonds. The molecule has 0 spiro atoms. The molecule has 1 heterocycles. The third-order valence-corrected chi connectivity index (χ3v) is 3.54. The number of carbonyl (C=O) groups is 1. The number of benzene rings is 1. The van der Waals surface area contributed by atoms with Crippen molar-refractivity contribution in [3.8, 4) is 0 Å². The van der Waals surface area contributed by atoms with Crippen molar-refractivity contribution >= 4 is 11.7 Å². The topological polar surface area (TPSA) is 32.8 Å². The monoisotopic (exact) mass is 262 g/mol. The number of hydrogen-bond donors (Lipinski definition) is 0. The van der Waals surface area contributed by atoms with Gasteiger partial charge in [0.1, 0.15) is 0 Å². The van der Waals surface area contributed by atoms with Crippen LogP contribution < -0.4 is 4.90 Å². The van der Waals surface area contributed by atoms with Crippen LogP contribution in [0.15, 0.2) is 24.3 Å². The van der Waals surface area contributed by atoms with E-state index in [1.807, 2.05) is 12.1 Å². The highest BCUT2D eigenvalue weighted by molar-refractivity contribution is 5.90. The normalized spacial score (nSPS) is 16.4. The fraction of sp³-hybridized carbons (Fsp3) is 0.533. The van der Waals surface area contributed by atoms with E-state index < -0.39 is 0 Å². The van der Waals surface area contributed by atoms with E-state index >= 15 is 0 Å². The highest BCUT2D eigenvalue weighted by Crippen LogP contribution is 2.18. The quantitative estimate of drug-likeness (QED) is 0.777. The van der Waals surface area contributed by atoms with E-state index in [0.29, 0.717) is 5.56 Å². The molecule has 0 aliphatic carbocycles. The average molecular weight is 262 g/mol. The molecule has 1 aliphatic rings. The molecule has 0 saturated carbocycles. The molecule has 0 bridgehead atoms. The van der Waals surface area contributed by atoms with Crippen LogP contribution in [0.2, 0.25) is 0 Å². The number of anilines is 1. The molecular weight excluding hydrogens is 240 g/mol. The van der Waals surface area contributed by atoms with Crippen molar-refractivity contribution in [1.82, 2.24) is 4.90 Å². The summed E-state index contributed by atoms with van der Waals surface area (Å²) in [4.78, 5) is 16.4. The van der Waals surface area contributed by atoms with Gasteiger partial charge in [-0.25, -0.2) is 4.79 Å². The molecule has 0 unspecified atom stereocenters. The number of nitrogens with zero attached hydrogens (tertiary/aromatic N) is 2. The summed E-state index contributed by atoms with van der Waals surface area (Å²) in [6.07, 6.45) is 1.21. The Morgan fingerprint density at radius 1 is 1.26 bits per heavy atom. The first kappa shape index (κ1) is 13.9. The maximum atomic E-state index is 11.5. The van der Waals surface area contributed by atoms with Gasteiger partial charge in [-0.05, 0) is 31.2 Å². The van der Waals surface area contributed by atoms with Crippen LogP contribution in [0.4, 0.5) is 5.69 Å². The Morgan fingerprint density at radius 2 is 2.00 bits per heavy atom. The fourth-order valence-corrected chi connectivity index (χ4v) is 2.49. The lowest BCUT2D eigenvalue weighted by Crippen LogP contribution is -2.46. The molecule has 0 aromatic heterocycles. The van der Waals surface area contributed by atoms with E-state index in [4.69, 9.17) is 4.74 Å². The Morgan fingerprint density at radius 3 is 2.63 bits per heavy atom. The van der Waals surface area contributed by atoms with Gasteiger partial charge in [-0.1, -0.05) is 13.0 Å². The van der Waals surface area contributed by atoms with Gasteiger partial charge in [-0.2, -0.15) is 0 Å². The molecule has 2 rings (SSSR count). The van der Waals surface area contributed by atoms with Gasteiger partial charge < -0.3 is 9.64 Å². The summed E-state index contributed by atoms with van der Waals surface area (Å²) < 4.78 is 4.76. The van der Waals surface area contributed by atoms with Crippen molar-refractivity contribution in [2.45, 2.75) is 13.3 Å². The lowest BCUT2D eigenvalue weighted by molar-refractivity contribution is 0.0601. The van der Waals surface area contributed by atoms with Crippen molar-refractivity contribution < 1.29 is 9.53 Å². The van der Waals surface area contributed by atoms with E-state index in [1.54, 1.807) is 6.07 Å². The summed E-state index contributed by atoms with van der Waals surface area (Å²) >= 11 is 0. The van der Waals surface area contributed by atoms with Crippen molar-refractivity contribution in [2.24, 2.45) is 0 Å². The number of ether oxygens (including phenoxy) is 1. The molecular formula is C15H22N2O2. The van der Waals surface area contributed by atoms with Gasteiger partial charge in [-0.3, -0.25) is 4.90 Å². The third-order valence-electron chi connectivity index (χ3n) is 3.54. The summed E-state index contributed by atoms with van der Waals surface area (Å²) in [6.45, 7) is 7.62. The Bertz CT molecular complexity index is 426. The van der Waals surface area contributed by atoms with E-state index in [9.17, 15) is 4.79 Å². The lowest BCUT2D eigenvalue weighted by atomic mass is 10.1. The minimum absolute atomic E-state index is 0.272. The first-order valence-corrected chi connectivity index (χ1v) is 6.90. The van der Waals surface area contributed by atoms with Crippen LogP contribution in [0.25, 0.3) is 0 Å². The van der Waals surface area contributed by atoms with Crippen LogP contribution >= 0.6 is 0 Å². The lowest BCUT2D eigenvalue weighted by Gasteiger charge is -2.36. The van der Waals surface area contributed by atoms with Crippen molar-refractivity contribution in [3.05, 3.63) is 29.8 Å². The van der Waals surface area contributed by atoms with Gasteiger partial charge >= 0.3 is 5.97 Å². The Kier molecular flexibility index (Phi) is 4.80. The summed E-state index contributed by atoms with van der Waals surface area (Å²) in [6, 6.07) is 7.69. The summed E-state index contributed by atoms with van der Waals surface area (Å²) in [5.74, 6) is -0.272. The van der Waals surface area contributed by atoms with Gasteiger partial charge in [0.25, 0.3) is 0 Å². The van der Waals surface area contributed by atoms with Gasteiger partial charge in [0, 0.05) is 31.9 Å². The Balaban J connectivity index is 2.01. The van der Waals surface area contributed by atoms with E-state index in [0.717, 1.165) is 31.9 Å². The van der Waals surface area contributed by atoms with Crippen molar-refractivity contribution in [2.75, 3.05) is 44.7 Å². The standard InChI is InChI=1S/C15H22N2O2/c1-3-7-16-8-10-17(11-9-16)14-6-4-5-13(12-14)15(18)19-2/h4-6,12H,3,7-11H2,1-2H3. The number of rotatable bonds is 4. The highest BCUT2D eigenvalue weighted by Gasteiger charge is 2.17. The number of methoxy groups -OCH3 is 1. The zero-order chi connectivity index (χ0) is 13.7. The zero-order valence-electron chi connectivity index (χ0n) is 11.8. The van der Waals surface area contributed by atoms with Crippen LogP contribution in [-0.4, -0.2) is 50.7 Å². The van der Waals surface area contributed by atoms with Crippen LogP contribution in [0.1, 0.15) is 23.7 Å². The maximum absolute atomic E-state index is 11.5. The first-order valence-electron chi connectivity index (χ1n) is 6.90. The minimum Gasteiger partial charge on any atom is -0.465 e. The smallest absolute Gasteiger partial charge is 0.337 e. The van der Waals surface area contributed by atoms with Gasteiger partial charge in [0.05, 0.1) is 12.7 Å². The molecule has 1 fully saturated rings. The van der Waals surface area contributed by atoms with Gasteiger partial charge in [0.15, 0.2) is 0 Å². The van der Waals surface area contributed by atoms with E-state index in [2.05, 4.69) is 22.8 Å². The molecule has 1 aromatic carbocycles. The van der Waals surface area contributed by atoms with Crippen molar-refractivity contribution in [1.29, 1.82) is 0 Å². The SMILES string of the molecule is CCCN1CCN(c2cccc(C(=O)OC)c2)CC1. The third kappa shape index (κ3) is 3.47. The second-order valence-corrected chi connectivity index (χ2v) is 4.87. The molecule has 104 valence electrons. The molecule has 4 nitrogen and oxygen atoms in total. The highest BCUT2D eigenvalue weighted by atomic mass is 16.5. The van der Waals surface area contributed by atoms with Crippen molar-refractivity contribution in [3.63, 3.8) is 0 Å². The van der Waals surface area contributed by atoms with Crippen LogP contribution in [0.3, 0.4) is 0 Å². The summed E-state index contributed by atoms with van der Waals surface area (Å²) in [5, 5.41) is 0. The molecule has 1 aromatic rings. The molecule has 19 heavy (non-hydrogen) atoms. The predicted octanol–water partition coefficient (Wildman–Crippen LogP) is 2.01. The van der Waals surface area contributed by atoms with Gasteiger partial charge in [-0.15, -0.1) is 0 Å². The number of esters is 1. The molecule has 1 saturated heterocycles. The fourth-order valence-electron chi connectivity index (χ4n) is 2.49. The van der Waals surface area contributed by atoms with Crippen LogP contribution in [-0.2, 0) is 4.74 Å². The number of hydrogen-bond acceptors (Lipinski definition) is 4. The Hall–Kier alpha value is -1.55. The van der Waals surface area contributed by atoms with Crippen LogP contribution in [0, 0.1) is 0 Å². The summed E-state index contributed by atoms with van der Waals surface area (Å²) in [5.41, 5.74) is 1.73. The maximum Gasteiger partial charge on any atom is 0.337 e. The molecule has 0 atom stereocenters.